The van der Waals surface area contributed by atoms with Gasteiger partial charge in [-0.1, -0.05) is 66.7 Å². The van der Waals surface area contributed by atoms with Gasteiger partial charge in [0.1, 0.15) is 5.75 Å². The third kappa shape index (κ3) is 3.96. The van der Waals surface area contributed by atoms with Gasteiger partial charge in [0.25, 0.3) is 0 Å². The molecule has 0 amide bonds. The van der Waals surface area contributed by atoms with Gasteiger partial charge >= 0.3 is 5.97 Å². The van der Waals surface area contributed by atoms with Crippen LogP contribution in [0, 0.1) is 0 Å². The largest absolute Gasteiger partial charge is 0.481 e. The Morgan fingerprint density at radius 2 is 1.47 bits per heavy atom. The molecule has 0 spiro atoms. The zero-order valence-corrected chi connectivity index (χ0v) is 22.0. The van der Waals surface area contributed by atoms with Gasteiger partial charge in [0.05, 0.1) is 6.42 Å². The van der Waals surface area contributed by atoms with Crippen molar-refractivity contribution in [2.75, 3.05) is 18.0 Å². The van der Waals surface area contributed by atoms with Crippen LogP contribution in [0.15, 0.2) is 90.5 Å². The lowest BCUT2D eigenvalue weighted by atomic mass is 9.75. The standard InChI is InChI=1S/C34H33NO3/c1-23-24(2)34(26-11-5-3-6-12-26,27-15-17-28(18-16-27)35-19-9-4-10-20-35)38-31-21-25(22-32(36)37)29-13-7-8-14-30(29)33(23)31/h3,5-8,11-18,21H,4,9-10,19-20,22H2,1-2H3,(H,36,37). The van der Waals surface area contributed by atoms with Crippen LogP contribution in [0.25, 0.3) is 16.3 Å². The molecular formula is C34H33NO3. The number of allylic oxidation sites excluding steroid dienone is 1. The third-order valence-corrected chi connectivity index (χ3v) is 8.34. The van der Waals surface area contributed by atoms with Crippen molar-refractivity contribution in [2.45, 2.75) is 45.1 Å². The number of hydrogen-bond donors (Lipinski definition) is 1. The summed E-state index contributed by atoms with van der Waals surface area (Å²) in [6, 6.07) is 29.2. The monoisotopic (exact) mass is 503 g/mol. The predicted octanol–water partition coefficient (Wildman–Crippen LogP) is 7.59. The van der Waals surface area contributed by atoms with Crippen LogP contribution in [-0.2, 0) is 16.8 Å². The Bertz CT molecular complexity index is 1530. The smallest absolute Gasteiger partial charge is 0.307 e. The second kappa shape index (κ2) is 9.68. The first-order valence-electron chi connectivity index (χ1n) is 13.5. The van der Waals surface area contributed by atoms with Crippen molar-refractivity contribution in [2.24, 2.45) is 0 Å². The molecule has 0 aliphatic carbocycles. The van der Waals surface area contributed by atoms with E-state index in [2.05, 4.69) is 73.3 Å². The molecule has 0 bridgehead atoms. The molecule has 1 unspecified atom stereocenters. The first-order chi connectivity index (χ1) is 18.5. The van der Waals surface area contributed by atoms with Crippen molar-refractivity contribution < 1.29 is 14.6 Å². The van der Waals surface area contributed by atoms with Gasteiger partial charge in [0, 0.05) is 35.5 Å². The molecule has 38 heavy (non-hydrogen) atoms. The van der Waals surface area contributed by atoms with Gasteiger partial charge in [-0.3, -0.25) is 4.79 Å². The second-order valence-corrected chi connectivity index (χ2v) is 10.5. The molecule has 1 saturated heterocycles. The van der Waals surface area contributed by atoms with E-state index in [4.69, 9.17) is 4.74 Å². The fourth-order valence-corrected chi connectivity index (χ4v) is 6.34. The van der Waals surface area contributed by atoms with Crippen LogP contribution in [0.5, 0.6) is 5.75 Å². The highest BCUT2D eigenvalue weighted by atomic mass is 16.5. The van der Waals surface area contributed by atoms with E-state index in [0.29, 0.717) is 0 Å². The molecule has 4 aromatic carbocycles. The number of carboxylic acids is 1. The van der Waals surface area contributed by atoms with Crippen molar-refractivity contribution in [3.63, 3.8) is 0 Å². The summed E-state index contributed by atoms with van der Waals surface area (Å²) in [6.07, 6.45) is 3.73. The molecule has 4 heteroatoms. The lowest BCUT2D eigenvalue weighted by Gasteiger charge is -2.42. The lowest BCUT2D eigenvalue weighted by Crippen LogP contribution is -2.39. The Kier molecular flexibility index (Phi) is 6.19. The zero-order valence-electron chi connectivity index (χ0n) is 22.0. The molecule has 0 saturated carbocycles. The number of ether oxygens (including phenoxy) is 1. The number of benzene rings is 4. The number of carboxylic acid groups (broad SMARTS) is 1. The SMILES string of the molecule is CC1=C(C)C(c2ccccc2)(c2ccc(N3CCCCC3)cc2)Oc2cc(CC(=O)O)c3ccccc3c21. The Balaban J connectivity index is 1.56. The minimum absolute atomic E-state index is 0.0538. The van der Waals surface area contributed by atoms with E-state index in [1.165, 1.54) is 24.9 Å². The van der Waals surface area contributed by atoms with E-state index in [0.717, 1.165) is 63.0 Å². The minimum atomic E-state index is -0.850. The molecule has 0 aromatic heterocycles. The summed E-state index contributed by atoms with van der Waals surface area (Å²) >= 11 is 0. The van der Waals surface area contributed by atoms with Gasteiger partial charge in [-0.2, -0.15) is 0 Å². The van der Waals surface area contributed by atoms with Gasteiger partial charge in [-0.05, 0) is 78.8 Å². The summed E-state index contributed by atoms with van der Waals surface area (Å²) in [7, 11) is 0. The molecule has 192 valence electrons. The van der Waals surface area contributed by atoms with Gasteiger partial charge < -0.3 is 14.7 Å². The summed E-state index contributed by atoms with van der Waals surface area (Å²) in [5.74, 6) is -0.121. The molecule has 6 rings (SSSR count). The van der Waals surface area contributed by atoms with Gasteiger partial charge in [-0.15, -0.1) is 0 Å². The molecule has 4 nitrogen and oxygen atoms in total. The fourth-order valence-electron chi connectivity index (χ4n) is 6.34. The molecule has 1 fully saturated rings. The quantitative estimate of drug-likeness (QED) is 0.305. The number of aliphatic carboxylic acids is 1. The average molecular weight is 504 g/mol. The maximum Gasteiger partial charge on any atom is 0.307 e. The number of anilines is 1. The van der Waals surface area contributed by atoms with E-state index in [-0.39, 0.29) is 6.42 Å². The van der Waals surface area contributed by atoms with E-state index < -0.39 is 11.6 Å². The van der Waals surface area contributed by atoms with Crippen LogP contribution in [0.2, 0.25) is 0 Å². The van der Waals surface area contributed by atoms with E-state index in [1.807, 2.05) is 30.3 Å². The molecule has 0 radical (unpaired) electrons. The van der Waals surface area contributed by atoms with Crippen LogP contribution < -0.4 is 9.64 Å². The van der Waals surface area contributed by atoms with Crippen LogP contribution in [0.1, 0.15) is 55.4 Å². The maximum atomic E-state index is 11.8. The Morgan fingerprint density at radius 1 is 0.842 bits per heavy atom. The number of hydrogen-bond acceptors (Lipinski definition) is 3. The maximum absolute atomic E-state index is 11.8. The Labute approximate surface area is 224 Å². The van der Waals surface area contributed by atoms with E-state index in [9.17, 15) is 9.90 Å². The number of nitrogens with zero attached hydrogens (tertiary/aromatic N) is 1. The summed E-state index contributed by atoms with van der Waals surface area (Å²) in [5, 5.41) is 11.7. The number of rotatable bonds is 5. The predicted molar refractivity (Wildman–Crippen MR) is 154 cm³/mol. The first-order valence-corrected chi connectivity index (χ1v) is 13.5. The third-order valence-electron chi connectivity index (χ3n) is 8.34. The fraction of sp³-hybridized carbons (Fsp3) is 0.265. The zero-order chi connectivity index (χ0) is 26.3. The van der Waals surface area contributed by atoms with Crippen molar-refractivity contribution in [3.8, 4) is 5.75 Å². The number of carbonyl (C=O) groups is 1. The van der Waals surface area contributed by atoms with Gasteiger partial charge in [-0.25, -0.2) is 0 Å². The van der Waals surface area contributed by atoms with E-state index >= 15 is 0 Å². The second-order valence-electron chi connectivity index (χ2n) is 10.5. The number of piperidine rings is 1. The van der Waals surface area contributed by atoms with Crippen LogP contribution >= 0.6 is 0 Å². The normalized spacial score (nSPS) is 19.3. The summed E-state index contributed by atoms with van der Waals surface area (Å²) in [6.45, 7) is 6.54. The van der Waals surface area contributed by atoms with Crippen molar-refractivity contribution >= 4 is 28.0 Å². The summed E-state index contributed by atoms with van der Waals surface area (Å²) in [5.41, 5.74) is 6.67. The molecule has 2 aliphatic rings. The minimum Gasteiger partial charge on any atom is -0.481 e. The molecular weight excluding hydrogens is 470 g/mol. The highest BCUT2D eigenvalue weighted by Crippen LogP contribution is 2.52. The van der Waals surface area contributed by atoms with Crippen molar-refractivity contribution in [1.82, 2.24) is 0 Å². The van der Waals surface area contributed by atoms with Crippen LogP contribution in [-0.4, -0.2) is 24.2 Å². The topological polar surface area (TPSA) is 49.8 Å². The highest BCUT2D eigenvalue weighted by Gasteiger charge is 2.44. The molecule has 1 atom stereocenters. The first kappa shape index (κ1) is 24.3. The number of fused-ring (bicyclic) bond motifs is 3. The molecule has 4 aromatic rings. The molecule has 2 heterocycles. The molecule has 2 aliphatic heterocycles. The van der Waals surface area contributed by atoms with Crippen molar-refractivity contribution in [1.29, 1.82) is 0 Å². The lowest BCUT2D eigenvalue weighted by molar-refractivity contribution is -0.136. The summed E-state index contributed by atoms with van der Waals surface area (Å²) in [4.78, 5) is 14.2. The Hall–Kier alpha value is -4.05. The highest BCUT2D eigenvalue weighted by molar-refractivity contribution is 6.00. The van der Waals surface area contributed by atoms with Gasteiger partial charge in [0.15, 0.2) is 5.60 Å². The van der Waals surface area contributed by atoms with E-state index in [1.54, 1.807) is 0 Å². The van der Waals surface area contributed by atoms with Crippen molar-refractivity contribution in [3.05, 3.63) is 113 Å². The van der Waals surface area contributed by atoms with Gasteiger partial charge in [0.2, 0.25) is 0 Å². The Morgan fingerprint density at radius 3 is 2.16 bits per heavy atom. The summed E-state index contributed by atoms with van der Waals surface area (Å²) < 4.78 is 7.13. The van der Waals surface area contributed by atoms with Crippen LogP contribution in [0.3, 0.4) is 0 Å². The molecule has 1 N–H and O–H groups in total. The average Bonchev–Trinajstić information content (AvgIpc) is 2.96. The van der Waals surface area contributed by atoms with Crippen LogP contribution in [0.4, 0.5) is 5.69 Å².